The fraction of sp³-hybridized carbons (Fsp3) is 0.294. The lowest BCUT2D eigenvalue weighted by Gasteiger charge is -2.11. The fourth-order valence-electron chi connectivity index (χ4n) is 3.05. The summed E-state index contributed by atoms with van der Waals surface area (Å²) in [5, 5.41) is 7.38. The van der Waals surface area contributed by atoms with Gasteiger partial charge in [0.2, 0.25) is 6.79 Å². The molecule has 0 spiro atoms. The van der Waals surface area contributed by atoms with Gasteiger partial charge in [0.15, 0.2) is 16.6 Å². The van der Waals surface area contributed by atoms with Crippen LogP contribution in [0.5, 0.6) is 11.5 Å². The van der Waals surface area contributed by atoms with Crippen molar-refractivity contribution in [1.29, 1.82) is 0 Å². The largest absolute Gasteiger partial charge is 0.465 e. The van der Waals surface area contributed by atoms with Crippen LogP contribution in [-0.2, 0) is 17.6 Å². The van der Waals surface area contributed by atoms with Crippen LogP contribution >= 0.6 is 23.6 Å². The Kier molecular flexibility index (Phi) is 4.22. The summed E-state index contributed by atoms with van der Waals surface area (Å²) in [4.78, 5) is 13.4. The molecule has 0 fully saturated rings. The molecule has 1 aliphatic carbocycles. The quantitative estimate of drug-likeness (QED) is 0.627. The van der Waals surface area contributed by atoms with Crippen molar-refractivity contribution in [2.45, 2.75) is 19.3 Å². The number of thiophene rings is 1. The average Bonchev–Trinajstić information content (AvgIpc) is 3.29. The molecule has 0 saturated carbocycles. The Morgan fingerprint density at radius 1 is 1.24 bits per heavy atom. The Morgan fingerprint density at radius 2 is 2.08 bits per heavy atom. The number of methoxy groups -OCH3 is 1. The third kappa shape index (κ3) is 3.03. The van der Waals surface area contributed by atoms with Crippen molar-refractivity contribution in [3.8, 4) is 11.5 Å². The number of hydrogen-bond donors (Lipinski definition) is 2. The van der Waals surface area contributed by atoms with Crippen molar-refractivity contribution >= 4 is 45.3 Å². The first-order valence-electron chi connectivity index (χ1n) is 7.86. The van der Waals surface area contributed by atoms with Gasteiger partial charge in [-0.25, -0.2) is 4.79 Å². The number of thiocarbonyl (C=S) groups is 1. The van der Waals surface area contributed by atoms with Crippen LogP contribution in [0.15, 0.2) is 18.2 Å². The van der Waals surface area contributed by atoms with Gasteiger partial charge in [0.1, 0.15) is 5.00 Å². The van der Waals surface area contributed by atoms with Crippen LogP contribution in [0.1, 0.15) is 27.2 Å². The third-order valence-electron chi connectivity index (χ3n) is 4.17. The molecule has 0 bridgehead atoms. The van der Waals surface area contributed by atoms with E-state index in [-0.39, 0.29) is 12.8 Å². The second kappa shape index (κ2) is 6.53. The zero-order valence-electron chi connectivity index (χ0n) is 13.5. The molecule has 0 unspecified atom stereocenters. The number of esters is 1. The van der Waals surface area contributed by atoms with Gasteiger partial charge in [-0.05, 0) is 49.2 Å². The van der Waals surface area contributed by atoms with E-state index in [1.165, 1.54) is 12.0 Å². The number of hydrogen-bond acceptors (Lipinski definition) is 6. The van der Waals surface area contributed by atoms with E-state index in [4.69, 9.17) is 26.4 Å². The Morgan fingerprint density at radius 3 is 2.92 bits per heavy atom. The summed E-state index contributed by atoms with van der Waals surface area (Å²) >= 11 is 6.96. The molecule has 2 heterocycles. The van der Waals surface area contributed by atoms with Gasteiger partial charge in [0.25, 0.3) is 0 Å². The predicted octanol–water partition coefficient (Wildman–Crippen LogP) is 3.56. The number of nitrogens with one attached hydrogen (secondary N) is 2. The maximum Gasteiger partial charge on any atom is 0.341 e. The maximum absolute atomic E-state index is 12.2. The van der Waals surface area contributed by atoms with Crippen molar-refractivity contribution in [1.82, 2.24) is 0 Å². The van der Waals surface area contributed by atoms with Crippen molar-refractivity contribution in [3.63, 3.8) is 0 Å². The summed E-state index contributed by atoms with van der Waals surface area (Å²) in [6.07, 6.45) is 2.97. The molecule has 0 amide bonds. The monoisotopic (exact) mass is 376 g/mol. The van der Waals surface area contributed by atoms with Gasteiger partial charge in [-0.1, -0.05) is 0 Å². The molecular formula is C17H16N2O4S2. The van der Waals surface area contributed by atoms with Crippen molar-refractivity contribution in [3.05, 3.63) is 34.2 Å². The molecule has 1 aromatic heterocycles. The molecule has 25 heavy (non-hydrogen) atoms. The molecule has 1 aromatic carbocycles. The van der Waals surface area contributed by atoms with Crippen molar-refractivity contribution in [2.24, 2.45) is 0 Å². The summed E-state index contributed by atoms with van der Waals surface area (Å²) in [5.74, 6) is 1.07. The van der Waals surface area contributed by atoms with Gasteiger partial charge in [-0.15, -0.1) is 11.3 Å². The molecule has 1 aliphatic heterocycles. The van der Waals surface area contributed by atoms with E-state index in [9.17, 15) is 4.79 Å². The standard InChI is InChI=1S/C17H16N2O4S2/c1-21-16(20)14-10-3-2-4-13(10)25-15(14)19-17(24)18-9-5-6-11-12(7-9)23-8-22-11/h5-7H,2-4,8H2,1H3,(H2,18,19,24). The van der Waals surface area contributed by atoms with Gasteiger partial charge in [-0.3, -0.25) is 0 Å². The Balaban J connectivity index is 1.52. The Hall–Kier alpha value is -2.32. The third-order valence-corrected chi connectivity index (χ3v) is 5.58. The van der Waals surface area contributed by atoms with Gasteiger partial charge in [0.05, 0.1) is 12.7 Å². The summed E-state index contributed by atoms with van der Waals surface area (Å²) in [7, 11) is 1.40. The van der Waals surface area contributed by atoms with E-state index in [0.717, 1.165) is 35.5 Å². The van der Waals surface area contributed by atoms with Crippen LogP contribution in [0.2, 0.25) is 0 Å². The van der Waals surface area contributed by atoms with E-state index in [0.29, 0.717) is 22.2 Å². The van der Waals surface area contributed by atoms with E-state index >= 15 is 0 Å². The molecule has 2 aliphatic rings. The molecule has 0 radical (unpaired) electrons. The number of ether oxygens (including phenoxy) is 3. The van der Waals surface area contributed by atoms with Crippen LogP contribution in [0, 0.1) is 0 Å². The van der Waals surface area contributed by atoms with Crippen molar-refractivity contribution < 1.29 is 19.0 Å². The molecule has 4 rings (SSSR count). The summed E-state index contributed by atoms with van der Waals surface area (Å²) < 4.78 is 15.6. The van der Waals surface area contributed by atoms with Crippen LogP contribution in [0.4, 0.5) is 10.7 Å². The minimum absolute atomic E-state index is 0.227. The normalized spacial score (nSPS) is 14.1. The summed E-state index contributed by atoms with van der Waals surface area (Å²) in [5.41, 5.74) is 2.48. The number of fused-ring (bicyclic) bond motifs is 2. The number of benzene rings is 1. The molecule has 8 heteroatoms. The molecule has 6 nitrogen and oxygen atoms in total. The fourth-order valence-corrected chi connectivity index (χ4v) is 4.62. The second-order valence-corrected chi connectivity index (χ2v) is 7.21. The number of carbonyl (C=O) groups is 1. The maximum atomic E-state index is 12.2. The molecule has 130 valence electrons. The first kappa shape index (κ1) is 16.2. The second-order valence-electron chi connectivity index (χ2n) is 5.70. The number of aryl methyl sites for hydroxylation is 1. The molecule has 2 aromatic rings. The minimum Gasteiger partial charge on any atom is -0.465 e. The number of rotatable bonds is 3. The Bertz CT molecular complexity index is 863. The topological polar surface area (TPSA) is 68.8 Å². The van der Waals surface area contributed by atoms with E-state index in [1.807, 2.05) is 18.2 Å². The lowest BCUT2D eigenvalue weighted by atomic mass is 10.1. The lowest BCUT2D eigenvalue weighted by molar-refractivity contribution is 0.0601. The van der Waals surface area contributed by atoms with Crippen LogP contribution in [0.25, 0.3) is 0 Å². The lowest BCUT2D eigenvalue weighted by Crippen LogP contribution is -2.20. The highest BCUT2D eigenvalue weighted by atomic mass is 32.1. The van der Waals surface area contributed by atoms with Gasteiger partial charge in [0, 0.05) is 16.6 Å². The van der Waals surface area contributed by atoms with Gasteiger partial charge < -0.3 is 24.8 Å². The summed E-state index contributed by atoms with van der Waals surface area (Å²) in [6, 6.07) is 5.51. The zero-order chi connectivity index (χ0) is 17.4. The van der Waals surface area contributed by atoms with Crippen molar-refractivity contribution in [2.75, 3.05) is 24.5 Å². The van der Waals surface area contributed by atoms with E-state index in [2.05, 4.69) is 10.6 Å². The highest BCUT2D eigenvalue weighted by Gasteiger charge is 2.27. The minimum atomic E-state index is -0.326. The van der Waals surface area contributed by atoms with Crippen LogP contribution in [-0.4, -0.2) is 25.0 Å². The zero-order valence-corrected chi connectivity index (χ0v) is 15.1. The molecule has 2 N–H and O–H groups in total. The highest BCUT2D eigenvalue weighted by molar-refractivity contribution is 7.80. The van der Waals surface area contributed by atoms with Crippen LogP contribution < -0.4 is 20.1 Å². The number of carbonyl (C=O) groups excluding carboxylic acids is 1. The highest BCUT2D eigenvalue weighted by Crippen LogP contribution is 2.39. The molecule has 0 atom stereocenters. The average molecular weight is 376 g/mol. The smallest absolute Gasteiger partial charge is 0.341 e. The van der Waals surface area contributed by atoms with E-state index in [1.54, 1.807) is 11.3 Å². The molecular weight excluding hydrogens is 360 g/mol. The van der Waals surface area contributed by atoms with Gasteiger partial charge >= 0.3 is 5.97 Å². The molecule has 0 saturated heterocycles. The summed E-state index contributed by atoms with van der Waals surface area (Å²) in [6.45, 7) is 0.227. The van der Waals surface area contributed by atoms with E-state index < -0.39 is 0 Å². The SMILES string of the molecule is COC(=O)c1c(NC(=S)Nc2ccc3c(c2)OCO3)sc2c1CCC2. The Labute approximate surface area is 154 Å². The predicted molar refractivity (Wildman–Crippen MR) is 100 cm³/mol. The van der Waals surface area contributed by atoms with Crippen LogP contribution in [0.3, 0.4) is 0 Å². The van der Waals surface area contributed by atoms with Gasteiger partial charge in [-0.2, -0.15) is 0 Å². The first-order chi connectivity index (χ1) is 12.2. The number of anilines is 2. The first-order valence-corrected chi connectivity index (χ1v) is 9.08.